The van der Waals surface area contributed by atoms with Gasteiger partial charge in [0.2, 0.25) is 12.3 Å². The Morgan fingerprint density at radius 2 is 1.88 bits per heavy atom. The largest absolute Gasteiger partial charge is 0.423 e. The van der Waals surface area contributed by atoms with E-state index in [2.05, 4.69) is 10.2 Å². The van der Waals surface area contributed by atoms with E-state index < -0.39 is 17.7 Å². The van der Waals surface area contributed by atoms with Crippen molar-refractivity contribution < 1.29 is 27.1 Å². The Hall–Kier alpha value is -3.42. The summed E-state index contributed by atoms with van der Waals surface area (Å²) in [5.41, 5.74) is 0.106. The Kier molecular flexibility index (Phi) is 4.83. The van der Waals surface area contributed by atoms with E-state index in [1.165, 1.54) is 36.7 Å². The van der Waals surface area contributed by atoms with Gasteiger partial charge in [0.25, 0.3) is 0 Å². The molecule has 0 aliphatic carbocycles. The van der Waals surface area contributed by atoms with Crippen LogP contribution in [0.15, 0.2) is 65.4 Å². The molecule has 0 N–H and O–H groups in total. The molecule has 0 radical (unpaired) electrons. The molecular formula is C18H11F3N2O3. The minimum atomic E-state index is -4.44. The standard InChI is InChI=1S/C18H11F3N2O3/c19-18(20,21)14-3-1-2-12(10-14)4-9-16(24)26-15-7-5-13(6-8-15)17-23-22-11-25-17/h1-11H/b9-4+. The number of alkyl halides is 3. The molecule has 1 aromatic heterocycles. The highest BCUT2D eigenvalue weighted by atomic mass is 19.4. The molecule has 0 unspecified atom stereocenters. The molecule has 0 saturated carbocycles. The minimum Gasteiger partial charge on any atom is -0.423 e. The number of carbonyl (C=O) groups excluding carboxylic acids is 1. The van der Waals surface area contributed by atoms with Crippen molar-refractivity contribution in [2.45, 2.75) is 6.18 Å². The van der Waals surface area contributed by atoms with Crippen molar-refractivity contribution in [2.75, 3.05) is 0 Å². The van der Waals surface area contributed by atoms with Gasteiger partial charge in [-0.3, -0.25) is 0 Å². The normalized spacial score (nSPS) is 11.7. The number of nitrogens with zero attached hydrogens (tertiary/aromatic N) is 2. The maximum atomic E-state index is 12.7. The first-order valence-corrected chi connectivity index (χ1v) is 7.35. The molecule has 2 aromatic carbocycles. The lowest BCUT2D eigenvalue weighted by Gasteiger charge is -2.06. The Labute approximate surface area is 145 Å². The summed E-state index contributed by atoms with van der Waals surface area (Å²) in [4.78, 5) is 11.8. The summed E-state index contributed by atoms with van der Waals surface area (Å²) < 4.78 is 48.1. The predicted molar refractivity (Wildman–Crippen MR) is 85.8 cm³/mol. The van der Waals surface area contributed by atoms with Gasteiger partial charge in [-0.2, -0.15) is 13.2 Å². The smallest absolute Gasteiger partial charge is 0.416 e. The third kappa shape index (κ3) is 4.35. The first kappa shape index (κ1) is 17.4. The van der Waals surface area contributed by atoms with Gasteiger partial charge in [0, 0.05) is 11.6 Å². The second-order valence-corrected chi connectivity index (χ2v) is 5.15. The van der Waals surface area contributed by atoms with Crippen LogP contribution in [0.1, 0.15) is 11.1 Å². The maximum absolute atomic E-state index is 12.7. The van der Waals surface area contributed by atoms with Gasteiger partial charge in [-0.25, -0.2) is 4.79 Å². The zero-order valence-corrected chi connectivity index (χ0v) is 13.1. The molecule has 0 aliphatic rings. The van der Waals surface area contributed by atoms with E-state index in [1.807, 2.05) is 0 Å². The quantitative estimate of drug-likeness (QED) is 0.393. The van der Waals surface area contributed by atoms with Gasteiger partial charge < -0.3 is 9.15 Å². The molecule has 0 atom stereocenters. The lowest BCUT2D eigenvalue weighted by Crippen LogP contribution is -2.05. The van der Waals surface area contributed by atoms with Gasteiger partial charge in [-0.05, 0) is 48.0 Å². The summed E-state index contributed by atoms with van der Waals surface area (Å²) in [6, 6.07) is 11.0. The number of rotatable bonds is 4. The van der Waals surface area contributed by atoms with E-state index in [0.29, 0.717) is 11.5 Å². The fourth-order valence-corrected chi connectivity index (χ4v) is 2.10. The number of esters is 1. The van der Waals surface area contributed by atoms with Crippen LogP contribution in [0.3, 0.4) is 0 Å². The molecule has 0 saturated heterocycles. The van der Waals surface area contributed by atoms with Crippen LogP contribution in [-0.4, -0.2) is 16.2 Å². The lowest BCUT2D eigenvalue weighted by molar-refractivity contribution is -0.137. The Morgan fingerprint density at radius 3 is 2.54 bits per heavy atom. The van der Waals surface area contributed by atoms with Crippen molar-refractivity contribution in [1.29, 1.82) is 0 Å². The van der Waals surface area contributed by atoms with Crippen LogP contribution in [-0.2, 0) is 11.0 Å². The fraction of sp³-hybridized carbons (Fsp3) is 0.0556. The third-order valence-electron chi connectivity index (χ3n) is 3.31. The van der Waals surface area contributed by atoms with Crippen molar-refractivity contribution in [1.82, 2.24) is 10.2 Å². The highest BCUT2D eigenvalue weighted by Gasteiger charge is 2.30. The van der Waals surface area contributed by atoms with E-state index in [-0.39, 0.29) is 11.3 Å². The van der Waals surface area contributed by atoms with Crippen LogP contribution in [0.4, 0.5) is 13.2 Å². The molecule has 0 spiro atoms. The van der Waals surface area contributed by atoms with Gasteiger partial charge in [0.15, 0.2) is 0 Å². The van der Waals surface area contributed by atoms with Crippen LogP contribution in [0.2, 0.25) is 0 Å². The van der Waals surface area contributed by atoms with Crippen molar-refractivity contribution in [3.63, 3.8) is 0 Å². The number of ether oxygens (including phenoxy) is 1. The molecular weight excluding hydrogens is 349 g/mol. The third-order valence-corrected chi connectivity index (χ3v) is 3.31. The second-order valence-electron chi connectivity index (χ2n) is 5.15. The van der Waals surface area contributed by atoms with Crippen LogP contribution >= 0.6 is 0 Å². The monoisotopic (exact) mass is 360 g/mol. The van der Waals surface area contributed by atoms with Crippen LogP contribution in [0, 0.1) is 0 Å². The van der Waals surface area contributed by atoms with Crippen LogP contribution in [0.5, 0.6) is 5.75 Å². The molecule has 0 amide bonds. The Bertz CT molecular complexity index is 918. The van der Waals surface area contributed by atoms with Crippen LogP contribution in [0.25, 0.3) is 17.5 Å². The molecule has 0 aliphatic heterocycles. The molecule has 132 valence electrons. The van der Waals surface area contributed by atoms with Crippen molar-refractivity contribution in [3.05, 3.63) is 72.1 Å². The van der Waals surface area contributed by atoms with Crippen LogP contribution < -0.4 is 4.74 Å². The summed E-state index contributed by atoms with van der Waals surface area (Å²) >= 11 is 0. The fourth-order valence-electron chi connectivity index (χ4n) is 2.10. The molecule has 0 fully saturated rings. The van der Waals surface area contributed by atoms with E-state index in [0.717, 1.165) is 18.2 Å². The zero-order valence-electron chi connectivity index (χ0n) is 13.1. The summed E-state index contributed by atoms with van der Waals surface area (Å²) in [6.07, 6.45) is -0.932. The highest BCUT2D eigenvalue weighted by Crippen LogP contribution is 2.29. The first-order valence-electron chi connectivity index (χ1n) is 7.35. The predicted octanol–water partition coefficient (Wildman–Crippen LogP) is 4.37. The first-order chi connectivity index (χ1) is 12.4. The van der Waals surface area contributed by atoms with Crippen molar-refractivity contribution in [2.24, 2.45) is 0 Å². The van der Waals surface area contributed by atoms with Gasteiger partial charge in [-0.1, -0.05) is 12.1 Å². The molecule has 5 nitrogen and oxygen atoms in total. The molecule has 8 heteroatoms. The van der Waals surface area contributed by atoms with Crippen molar-refractivity contribution >= 4 is 12.0 Å². The minimum absolute atomic E-state index is 0.239. The number of hydrogen-bond donors (Lipinski definition) is 0. The summed E-state index contributed by atoms with van der Waals surface area (Å²) in [5.74, 6) is -0.118. The van der Waals surface area contributed by atoms with Gasteiger partial charge >= 0.3 is 12.1 Å². The average molecular weight is 360 g/mol. The number of aromatic nitrogens is 2. The highest BCUT2D eigenvalue weighted by molar-refractivity contribution is 5.88. The molecule has 0 bridgehead atoms. The number of carbonyl (C=O) groups is 1. The molecule has 26 heavy (non-hydrogen) atoms. The zero-order chi connectivity index (χ0) is 18.6. The van der Waals surface area contributed by atoms with E-state index in [4.69, 9.17) is 9.15 Å². The Morgan fingerprint density at radius 1 is 1.12 bits per heavy atom. The van der Waals surface area contributed by atoms with Gasteiger partial charge in [-0.15, -0.1) is 10.2 Å². The summed E-state index contributed by atoms with van der Waals surface area (Å²) in [7, 11) is 0. The van der Waals surface area contributed by atoms with E-state index in [9.17, 15) is 18.0 Å². The topological polar surface area (TPSA) is 65.2 Å². The van der Waals surface area contributed by atoms with E-state index >= 15 is 0 Å². The number of halogens is 3. The molecule has 1 heterocycles. The summed E-state index contributed by atoms with van der Waals surface area (Å²) in [5, 5.41) is 7.31. The molecule has 3 aromatic rings. The summed E-state index contributed by atoms with van der Waals surface area (Å²) in [6.45, 7) is 0. The maximum Gasteiger partial charge on any atom is 0.416 e. The molecule has 3 rings (SSSR count). The Balaban J connectivity index is 1.64. The number of hydrogen-bond acceptors (Lipinski definition) is 5. The average Bonchev–Trinajstić information content (AvgIpc) is 3.15. The SMILES string of the molecule is O=C(/C=C/c1cccc(C(F)(F)F)c1)Oc1ccc(-c2nnco2)cc1. The lowest BCUT2D eigenvalue weighted by atomic mass is 10.1. The number of benzene rings is 2. The van der Waals surface area contributed by atoms with Gasteiger partial charge in [0.05, 0.1) is 5.56 Å². The van der Waals surface area contributed by atoms with Crippen molar-refractivity contribution in [3.8, 4) is 17.2 Å². The second kappa shape index (κ2) is 7.22. The van der Waals surface area contributed by atoms with E-state index in [1.54, 1.807) is 12.1 Å². The van der Waals surface area contributed by atoms with Gasteiger partial charge in [0.1, 0.15) is 5.75 Å².